The minimum atomic E-state index is -1.06. The summed E-state index contributed by atoms with van der Waals surface area (Å²) in [6.07, 6.45) is 6.65. The van der Waals surface area contributed by atoms with Gasteiger partial charge in [0, 0.05) is 0 Å². The molecule has 0 aliphatic heterocycles. The van der Waals surface area contributed by atoms with E-state index in [0.717, 1.165) is 38.5 Å². The Morgan fingerprint density at radius 3 is 1.78 bits per heavy atom. The molecular weight excluding hydrogens is 292 g/mol. The second kappa shape index (κ2) is 6.45. The van der Waals surface area contributed by atoms with E-state index in [2.05, 4.69) is 27.7 Å². The number of carbonyl (C=O) groups is 2. The maximum atomic E-state index is 12.6. The van der Waals surface area contributed by atoms with E-state index in [4.69, 9.17) is 9.47 Å². The van der Waals surface area contributed by atoms with Crippen molar-refractivity contribution in [3.8, 4) is 0 Å². The molecule has 2 aliphatic carbocycles. The summed E-state index contributed by atoms with van der Waals surface area (Å²) in [6.45, 7) is 8.87. The van der Waals surface area contributed by atoms with E-state index < -0.39 is 11.6 Å². The number of carbonyl (C=O) groups excluding carboxylic acids is 2. The first-order chi connectivity index (χ1) is 10.6. The van der Waals surface area contributed by atoms with E-state index in [1.807, 2.05) is 0 Å². The predicted octanol–water partition coefficient (Wildman–Crippen LogP) is 4.26. The Bertz CT molecular complexity index is 444. The van der Waals surface area contributed by atoms with Gasteiger partial charge in [0.25, 0.3) is 0 Å². The summed E-state index contributed by atoms with van der Waals surface area (Å²) >= 11 is 0. The molecule has 0 atom stereocenters. The molecule has 0 amide bonds. The first kappa shape index (κ1) is 18.3. The van der Waals surface area contributed by atoms with Crippen molar-refractivity contribution in [2.45, 2.75) is 84.7 Å². The minimum absolute atomic E-state index is 0.0699. The van der Waals surface area contributed by atoms with Crippen LogP contribution in [0.1, 0.15) is 79.1 Å². The lowest BCUT2D eigenvalue weighted by molar-refractivity contribution is -0.191. The van der Waals surface area contributed by atoms with Crippen LogP contribution in [0.5, 0.6) is 0 Å². The molecule has 0 heterocycles. The highest BCUT2D eigenvalue weighted by Gasteiger charge is 2.49. The molecule has 4 heteroatoms. The van der Waals surface area contributed by atoms with Crippen LogP contribution < -0.4 is 0 Å². The lowest BCUT2D eigenvalue weighted by Crippen LogP contribution is -2.49. The number of esters is 2. The standard InChI is InChI=1S/C19H32O4/c1-17(2)8-6-14(7-9-17)15(20)23-19(16(21)22-5)12-10-18(3,4)11-13-19/h14H,6-13H2,1-5H3. The monoisotopic (exact) mass is 324 g/mol. The maximum absolute atomic E-state index is 12.6. The molecule has 2 fully saturated rings. The molecule has 0 N–H and O–H groups in total. The molecule has 2 rings (SSSR count). The smallest absolute Gasteiger partial charge is 0.350 e. The molecular formula is C19H32O4. The van der Waals surface area contributed by atoms with Crippen molar-refractivity contribution in [2.24, 2.45) is 16.7 Å². The van der Waals surface area contributed by atoms with Gasteiger partial charge in [-0.05, 0) is 62.2 Å². The lowest BCUT2D eigenvalue weighted by atomic mass is 9.70. The van der Waals surface area contributed by atoms with Crippen LogP contribution in [0.4, 0.5) is 0 Å². The fourth-order valence-electron chi connectivity index (χ4n) is 3.78. The van der Waals surface area contributed by atoms with Gasteiger partial charge in [-0.2, -0.15) is 0 Å². The van der Waals surface area contributed by atoms with Crippen LogP contribution in [-0.2, 0) is 19.1 Å². The third-order valence-corrected chi connectivity index (χ3v) is 5.94. The van der Waals surface area contributed by atoms with Crippen LogP contribution in [0.15, 0.2) is 0 Å². The highest BCUT2D eigenvalue weighted by atomic mass is 16.6. The number of methoxy groups -OCH3 is 1. The van der Waals surface area contributed by atoms with Gasteiger partial charge in [0.2, 0.25) is 5.60 Å². The largest absolute Gasteiger partial charge is 0.466 e. The molecule has 0 spiro atoms. The van der Waals surface area contributed by atoms with Crippen LogP contribution in [0.25, 0.3) is 0 Å². The number of rotatable bonds is 3. The van der Waals surface area contributed by atoms with Crippen molar-refractivity contribution >= 4 is 11.9 Å². The summed E-state index contributed by atoms with van der Waals surface area (Å²) in [6, 6.07) is 0. The van der Waals surface area contributed by atoms with Crippen LogP contribution in [0.3, 0.4) is 0 Å². The molecule has 0 aromatic heterocycles. The molecule has 2 aliphatic rings. The van der Waals surface area contributed by atoms with E-state index >= 15 is 0 Å². The van der Waals surface area contributed by atoms with Gasteiger partial charge in [0.1, 0.15) is 0 Å². The SMILES string of the molecule is COC(=O)C1(OC(=O)C2CCC(C)(C)CC2)CCC(C)(C)CC1. The van der Waals surface area contributed by atoms with E-state index in [0.29, 0.717) is 18.3 Å². The average Bonchev–Trinajstić information content (AvgIpc) is 2.48. The van der Waals surface area contributed by atoms with Crippen molar-refractivity contribution < 1.29 is 19.1 Å². The predicted molar refractivity (Wildman–Crippen MR) is 88.8 cm³/mol. The van der Waals surface area contributed by atoms with Crippen LogP contribution in [-0.4, -0.2) is 24.6 Å². The second-order valence-electron chi connectivity index (χ2n) is 9.01. The van der Waals surface area contributed by atoms with Crippen LogP contribution in [0, 0.1) is 16.7 Å². The highest BCUT2D eigenvalue weighted by molar-refractivity contribution is 5.84. The van der Waals surface area contributed by atoms with Crippen molar-refractivity contribution in [2.75, 3.05) is 7.11 Å². The topological polar surface area (TPSA) is 52.6 Å². The maximum Gasteiger partial charge on any atom is 0.350 e. The van der Waals surface area contributed by atoms with Gasteiger partial charge in [0.05, 0.1) is 13.0 Å². The minimum Gasteiger partial charge on any atom is -0.466 e. The quantitative estimate of drug-likeness (QED) is 0.728. The third-order valence-electron chi connectivity index (χ3n) is 5.94. The zero-order valence-electron chi connectivity index (χ0n) is 15.4. The summed E-state index contributed by atoms with van der Waals surface area (Å²) < 4.78 is 10.8. The summed E-state index contributed by atoms with van der Waals surface area (Å²) in [5.41, 5.74) is -0.557. The number of hydrogen-bond donors (Lipinski definition) is 0. The first-order valence-corrected chi connectivity index (χ1v) is 8.91. The summed E-state index contributed by atoms with van der Waals surface area (Å²) in [7, 11) is 1.38. The van der Waals surface area contributed by atoms with Gasteiger partial charge in [-0.1, -0.05) is 27.7 Å². The van der Waals surface area contributed by atoms with Crippen LogP contribution >= 0.6 is 0 Å². The van der Waals surface area contributed by atoms with E-state index in [1.54, 1.807) is 0 Å². The molecule has 0 radical (unpaired) electrons. The van der Waals surface area contributed by atoms with Gasteiger partial charge in [0.15, 0.2) is 0 Å². The van der Waals surface area contributed by atoms with Crippen molar-refractivity contribution in [3.63, 3.8) is 0 Å². The summed E-state index contributed by atoms with van der Waals surface area (Å²) in [4.78, 5) is 25.0. The van der Waals surface area contributed by atoms with Crippen LogP contribution in [0.2, 0.25) is 0 Å². The fraction of sp³-hybridized carbons (Fsp3) is 0.895. The molecule has 4 nitrogen and oxygen atoms in total. The molecule has 23 heavy (non-hydrogen) atoms. The first-order valence-electron chi connectivity index (χ1n) is 8.91. The van der Waals surface area contributed by atoms with Crippen molar-refractivity contribution in [1.82, 2.24) is 0 Å². The fourth-order valence-corrected chi connectivity index (χ4v) is 3.78. The Kier molecular flexibility index (Phi) is 5.12. The number of ether oxygens (including phenoxy) is 2. The average molecular weight is 324 g/mol. The third kappa shape index (κ3) is 4.27. The van der Waals surface area contributed by atoms with E-state index in [9.17, 15) is 9.59 Å². The van der Waals surface area contributed by atoms with E-state index in [-0.39, 0.29) is 17.3 Å². The Morgan fingerprint density at radius 1 is 0.826 bits per heavy atom. The lowest BCUT2D eigenvalue weighted by Gasteiger charge is -2.42. The van der Waals surface area contributed by atoms with Gasteiger partial charge >= 0.3 is 11.9 Å². The molecule has 0 unspecified atom stereocenters. The normalized spacial score (nSPS) is 26.3. The molecule has 2 saturated carbocycles. The summed E-state index contributed by atoms with van der Waals surface area (Å²) in [5, 5.41) is 0. The van der Waals surface area contributed by atoms with Gasteiger partial charge in [-0.25, -0.2) is 4.79 Å². The molecule has 0 bridgehead atoms. The van der Waals surface area contributed by atoms with Crippen molar-refractivity contribution in [1.29, 1.82) is 0 Å². The Balaban J connectivity index is 2.04. The zero-order valence-corrected chi connectivity index (χ0v) is 15.4. The Morgan fingerprint density at radius 2 is 1.30 bits per heavy atom. The molecule has 0 aromatic rings. The van der Waals surface area contributed by atoms with E-state index in [1.165, 1.54) is 7.11 Å². The molecule has 132 valence electrons. The Labute approximate surface area is 140 Å². The Hall–Kier alpha value is -1.06. The van der Waals surface area contributed by atoms with Gasteiger partial charge < -0.3 is 9.47 Å². The zero-order chi connectivity index (χ0) is 17.3. The van der Waals surface area contributed by atoms with Crippen molar-refractivity contribution in [3.05, 3.63) is 0 Å². The second-order valence-corrected chi connectivity index (χ2v) is 9.01. The van der Waals surface area contributed by atoms with Gasteiger partial charge in [-0.15, -0.1) is 0 Å². The molecule has 0 aromatic carbocycles. The van der Waals surface area contributed by atoms with Gasteiger partial charge in [-0.3, -0.25) is 4.79 Å². The highest BCUT2D eigenvalue weighted by Crippen LogP contribution is 2.44. The summed E-state index contributed by atoms with van der Waals surface area (Å²) in [5.74, 6) is -0.664. The number of hydrogen-bond acceptors (Lipinski definition) is 4. The molecule has 0 saturated heterocycles.